The van der Waals surface area contributed by atoms with Crippen molar-refractivity contribution in [2.24, 2.45) is 10.9 Å². The molecule has 1 fully saturated rings. The van der Waals surface area contributed by atoms with E-state index >= 15 is 0 Å². The van der Waals surface area contributed by atoms with Crippen molar-refractivity contribution in [3.8, 4) is 11.3 Å². The predicted octanol–water partition coefficient (Wildman–Crippen LogP) is -0.143. The molecule has 14 nitrogen and oxygen atoms in total. The highest BCUT2D eigenvalue weighted by molar-refractivity contribution is 8.00. The summed E-state index contributed by atoms with van der Waals surface area (Å²) in [4.78, 5) is 65.1. The standard InChI is InChI=1S/C23H20FN9O5S4/c1-9-13(10-2-4-32(5-3-10)6-12(25)34)28-19(41-9)11-7-40-21-15(20(36)33(21)16(11)22(37)39)27-18(35)14(30-38-8-24)17-29-23(26)42-31-17/h2-5,15,21H,6-8H2,1H3,(H5-,25,26,27,29,31,34,35,37,39)/b30-14-/t15-,21-/m1/s1. The first kappa shape index (κ1) is 29.4. The first-order valence-electron chi connectivity index (χ1n) is 11.9. The molecule has 5 rings (SSSR count). The Bertz CT molecular complexity index is 1660. The third-order valence-corrected chi connectivity index (χ3v) is 9.13. The van der Waals surface area contributed by atoms with E-state index in [9.17, 15) is 23.6 Å². The molecule has 2 aliphatic heterocycles. The molecule has 3 aromatic rings. The van der Waals surface area contributed by atoms with E-state index in [0.717, 1.165) is 22.0 Å². The number of nitrogen functional groups attached to an aromatic ring is 1. The molecule has 2 atom stereocenters. The maximum absolute atomic E-state index is 13.2. The van der Waals surface area contributed by atoms with Gasteiger partial charge in [0, 0.05) is 45.4 Å². The zero-order chi connectivity index (χ0) is 30.1. The Hall–Kier alpha value is -4.07. The van der Waals surface area contributed by atoms with Crippen LogP contribution in [0.1, 0.15) is 15.7 Å². The minimum absolute atomic E-state index is 0.0282. The molecule has 0 radical (unpaired) electrons. The highest BCUT2D eigenvalue weighted by Gasteiger charge is 2.53. The molecule has 5 N–H and O–H groups in total. The Kier molecular flexibility index (Phi) is 8.43. The second kappa shape index (κ2) is 12.0. The highest BCUT2D eigenvalue weighted by atomic mass is 32.2. The number of oxime groups is 1. The average molecular weight is 650 g/mol. The van der Waals surface area contributed by atoms with E-state index in [4.69, 9.17) is 29.1 Å². The molecule has 0 aliphatic carbocycles. The van der Waals surface area contributed by atoms with Gasteiger partial charge in [0.1, 0.15) is 16.4 Å². The monoisotopic (exact) mass is 649 g/mol. The van der Waals surface area contributed by atoms with Crippen molar-refractivity contribution >= 4 is 86.5 Å². The van der Waals surface area contributed by atoms with Crippen molar-refractivity contribution in [1.82, 2.24) is 24.6 Å². The van der Waals surface area contributed by atoms with Crippen molar-refractivity contribution in [2.75, 3.05) is 18.3 Å². The minimum Gasteiger partial charge on any atom is -0.735 e. The molecule has 218 valence electrons. The summed E-state index contributed by atoms with van der Waals surface area (Å²) in [5.41, 5.74) is 12.4. The summed E-state index contributed by atoms with van der Waals surface area (Å²) in [6.07, 6.45) is 3.42. The molecule has 19 heteroatoms. The zero-order valence-electron chi connectivity index (χ0n) is 21.5. The second-order valence-electron chi connectivity index (χ2n) is 8.76. The molecule has 42 heavy (non-hydrogen) atoms. The van der Waals surface area contributed by atoms with Crippen LogP contribution in [0.2, 0.25) is 0 Å². The molecule has 3 aromatic heterocycles. The van der Waals surface area contributed by atoms with Crippen molar-refractivity contribution in [3.05, 3.63) is 45.9 Å². The van der Waals surface area contributed by atoms with Crippen LogP contribution in [0.25, 0.3) is 16.8 Å². The van der Waals surface area contributed by atoms with Gasteiger partial charge in [-0.3, -0.25) is 19.3 Å². The van der Waals surface area contributed by atoms with Gasteiger partial charge in [-0.2, -0.15) is 13.9 Å². The number of hydrogen-bond acceptors (Lipinski definition) is 14. The molecule has 0 unspecified atom stereocenters. The lowest BCUT2D eigenvalue weighted by molar-refractivity contribution is -0.684. The number of thioether (sulfide) groups is 1. The number of anilines is 1. The number of aromatic nitrogens is 4. The van der Waals surface area contributed by atoms with E-state index in [1.807, 2.05) is 6.92 Å². The normalized spacial score (nSPS) is 18.4. The van der Waals surface area contributed by atoms with Crippen LogP contribution in [-0.4, -0.2) is 71.8 Å². The molecule has 2 aliphatic rings. The minimum atomic E-state index is -1.31. The Morgan fingerprint density at radius 2 is 2.05 bits per heavy atom. The van der Waals surface area contributed by atoms with Gasteiger partial charge in [-0.15, -0.1) is 23.1 Å². The van der Waals surface area contributed by atoms with Gasteiger partial charge in [0.15, 0.2) is 17.5 Å². The van der Waals surface area contributed by atoms with Crippen LogP contribution in [0.15, 0.2) is 35.4 Å². The number of carbonyl (C=O) groups is 4. The van der Waals surface area contributed by atoms with Gasteiger partial charge in [-0.25, -0.2) is 9.37 Å². The van der Waals surface area contributed by atoms with Gasteiger partial charge >= 0.3 is 0 Å². The predicted molar refractivity (Wildman–Crippen MR) is 154 cm³/mol. The number of nitrogens with one attached hydrogen (secondary N) is 1. The fourth-order valence-corrected chi connectivity index (χ4v) is 7.35. The molecule has 0 spiro atoms. The number of nitrogens with zero attached hydrogens (tertiary/aromatic N) is 6. The van der Waals surface area contributed by atoms with Crippen molar-refractivity contribution in [1.29, 1.82) is 0 Å². The number of thiazole rings is 1. The quantitative estimate of drug-likeness (QED) is 0.0868. The summed E-state index contributed by atoms with van der Waals surface area (Å²) < 4.78 is 18.1. The Labute approximate surface area is 254 Å². The summed E-state index contributed by atoms with van der Waals surface area (Å²) in [5.74, 6) is -1.83. The zero-order valence-corrected chi connectivity index (χ0v) is 24.7. The summed E-state index contributed by atoms with van der Waals surface area (Å²) in [7, 11) is 0. The molecule has 0 bridgehead atoms. The van der Waals surface area contributed by atoms with Crippen LogP contribution in [0.3, 0.4) is 0 Å². The summed E-state index contributed by atoms with van der Waals surface area (Å²) >= 11 is 8.47. The number of aryl methyl sites for hydroxylation is 1. The van der Waals surface area contributed by atoms with E-state index in [1.165, 1.54) is 28.0 Å². The summed E-state index contributed by atoms with van der Waals surface area (Å²) in [5, 5.41) is 5.16. The molecule has 5 heterocycles. The third-order valence-electron chi connectivity index (χ3n) is 6.08. The lowest BCUT2D eigenvalue weighted by Gasteiger charge is -2.50. The van der Waals surface area contributed by atoms with Crippen LogP contribution in [-0.2, 0) is 43.2 Å². The van der Waals surface area contributed by atoms with Gasteiger partial charge in [-0.1, -0.05) is 5.16 Å². The summed E-state index contributed by atoms with van der Waals surface area (Å²) in [6, 6.07) is 2.56. The number of β-lactam (4-membered cyclic amide) rings is 1. The van der Waals surface area contributed by atoms with Crippen molar-refractivity contribution in [2.45, 2.75) is 24.9 Å². The SMILES string of the molecule is Cc1sc(C2=C(C(=O)[S-])N3C(=O)[C@@H](NC(=O)/C(=N\OCF)c4nsc(N)n4)[C@H]3SC2)nc1-c1cc[n+](CC(N)=O)cc1. The number of pyridine rings is 1. The molecular formula is C23H20FN9O5S4. The van der Waals surface area contributed by atoms with Crippen molar-refractivity contribution < 1.29 is 33.0 Å². The Morgan fingerprint density at radius 1 is 1.31 bits per heavy atom. The molecule has 0 aromatic carbocycles. The highest BCUT2D eigenvalue weighted by Crippen LogP contribution is 2.45. The Balaban J connectivity index is 1.38. The number of nitrogens with two attached hydrogens (primary N) is 2. The van der Waals surface area contributed by atoms with E-state index < -0.39 is 46.8 Å². The number of halogens is 1. The molecule has 0 saturated carbocycles. The second-order valence-corrected chi connectivity index (χ2v) is 12.2. The van der Waals surface area contributed by atoms with E-state index in [-0.39, 0.29) is 29.0 Å². The molecule has 1 saturated heterocycles. The van der Waals surface area contributed by atoms with Crippen LogP contribution in [0.5, 0.6) is 0 Å². The van der Waals surface area contributed by atoms with Crippen molar-refractivity contribution in [3.63, 3.8) is 0 Å². The van der Waals surface area contributed by atoms with Crippen LogP contribution in [0.4, 0.5) is 9.52 Å². The largest absolute Gasteiger partial charge is 0.735 e. The lowest BCUT2D eigenvalue weighted by atomic mass is 10.0. The number of amides is 3. The van der Waals surface area contributed by atoms with Gasteiger partial charge in [0.05, 0.1) is 16.5 Å². The fraction of sp³-hybridized carbons (Fsp3) is 0.261. The maximum atomic E-state index is 13.2. The number of alkyl halides is 1. The first-order chi connectivity index (χ1) is 20.1. The fourth-order valence-electron chi connectivity index (χ4n) is 4.28. The molecule has 3 amide bonds. The average Bonchev–Trinajstić information content (AvgIpc) is 3.56. The number of rotatable bonds is 10. The Morgan fingerprint density at radius 3 is 2.67 bits per heavy atom. The molecular weight excluding hydrogens is 630 g/mol. The van der Waals surface area contributed by atoms with E-state index in [2.05, 4.69) is 24.7 Å². The van der Waals surface area contributed by atoms with Gasteiger partial charge in [-0.05, 0) is 6.92 Å². The topological polar surface area (TPSA) is 200 Å². The van der Waals surface area contributed by atoms with E-state index in [1.54, 1.807) is 29.1 Å². The number of primary amides is 1. The first-order valence-corrected chi connectivity index (χ1v) is 14.9. The van der Waals surface area contributed by atoms with Gasteiger partial charge < -0.3 is 39.0 Å². The van der Waals surface area contributed by atoms with Crippen LogP contribution >= 0.6 is 34.6 Å². The van der Waals surface area contributed by atoms with Gasteiger partial charge in [0.2, 0.25) is 18.1 Å². The third kappa shape index (κ3) is 5.67. The number of fused-ring (bicyclic) bond motifs is 1. The summed E-state index contributed by atoms with van der Waals surface area (Å²) in [6.45, 7) is 0.616. The van der Waals surface area contributed by atoms with E-state index in [0.29, 0.717) is 16.3 Å². The number of hydrogen-bond donors (Lipinski definition) is 3. The maximum Gasteiger partial charge on any atom is 0.283 e. The van der Waals surface area contributed by atoms with Gasteiger partial charge in [0.25, 0.3) is 24.6 Å². The smallest absolute Gasteiger partial charge is 0.283 e. The lowest BCUT2D eigenvalue weighted by Crippen LogP contribution is -2.70. The van der Waals surface area contributed by atoms with Crippen LogP contribution in [0, 0.1) is 6.92 Å². The van der Waals surface area contributed by atoms with Crippen LogP contribution < -0.4 is 21.4 Å². The number of carbonyl (C=O) groups excluding carboxylic acids is 4.